The number of amides is 2. The number of nitrogens with one attached hydrogen (secondary N) is 1. The first-order valence-corrected chi connectivity index (χ1v) is 6.88. The number of carbonyl (C=O) groups is 2. The Labute approximate surface area is 122 Å². The smallest absolute Gasteiger partial charge is 0.317 e. The molecule has 6 heteroatoms. The van der Waals surface area contributed by atoms with Crippen LogP contribution in [0.4, 0.5) is 9.18 Å². The Hall–Kier alpha value is -2.11. The molecule has 5 nitrogen and oxygen atoms in total. The molecule has 2 rings (SSSR count). The molecular formula is C15H19FN2O3. The van der Waals surface area contributed by atoms with Crippen molar-refractivity contribution >= 4 is 12.0 Å². The summed E-state index contributed by atoms with van der Waals surface area (Å²) in [4.78, 5) is 24.1. The lowest BCUT2D eigenvalue weighted by Crippen LogP contribution is -2.42. The highest BCUT2D eigenvalue weighted by molar-refractivity contribution is 5.76. The van der Waals surface area contributed by atoms with E-state index in [-0.39, 0.29) is 30.4 Å². The summed E-state index contributed by atoms with van der Waals surface area (Å²) in [5.74, 6) is -1.69. The van der Waals surface area contributed by atoms with E-state index in [0.717, 1.165) is 12.0 Å². The highest BCUT2D eigenvalue weighted by atomic mass is 19.1. The standard InChI is InChI=1S/C15H19FN2O3/c1-9(14(19)20)8-18(2)15(21)17-13-7-12(13)10-4-3-5-11(16)6-10/h3-6,9,12-13H,7-8H2,1-2H3,(H,17,21)(H,19,20). The Bertz CT molecular complexity index is 549. The van der Waals surface area contributed by atoms with Gasteiger partial charge in [0, 0.05) is 25.6 Å². The van der Waals surface area contributed by atoms with Crippen LogP contribution in [0.15, 0.2) is 24.3 Å². The number of urea groups is 1. The van der Waals surface area contributed by atoms with Crippen molar-refractivity contribution < 1.29 is 19.1 Å². The summed E-state index contributed by atoms with van der Waals surface area (Å²) in [6, 6.07) is 6.06. The molecule has 114 valence electrons. The van der Waals surface area contributed by atoms with Gasteiger partial charge in [-0.1, -0.05) is 19.1 Å². The number of hydrogen-bond donors (Lipinski definition) is 2. The fourth-order valence-electron chi connectivity index (χ4n) is 2.30. The maximum Gasteiger partial charge on any atom is 0.317 e. The van der Waals surface area contributed by atoms with Gasteiger partial charge in [0.2, 0.25) is 0 Å². The van der Waals surface area contributed by atoms with Crippen molar-refractivity contribution in [3.05, 3.63) is 35.6 Å². The van der Waals surface area contributed by atoms with Gasteiger partial charge in [0.15, 0.2) is 0 Å². The number of carbonyl (C=O) groups excluding carboxylic acids is 1. The molecule has 0 bridgehead atoms. The second-order valence-electron chi connectivity index (χ2n) is 5.57. The molecule has 0 saturated heterocycles. The molecule has 1 aliphatic rings. The highest BCUT2D eigenvalue weighted by Crippen LogP contribution is 2.40. The van der Waals surface area contributed by atoms with Crippen LogP contribution in [0.3, 0.4) is 0 Å². The first-order chi connectivity index (χ1) is 9.88. The van der Waals surface area contributed by atoms with Crippen LogP contribution in [0, 0.1) is 11.7 Å². The molecular weight excluding hydrogens is 275 g/mol. The Kier molecular flexibility index (Phi) is 4.45. The quantitative estimate of drug-likeness (QED) is 0.873. The van der Waals surface area contributed by atoms with E-state index < -0.39 is 11.9 Å². The molecule has 2 amide bonds. The molecule has 2 N–H and O–H groups in total. The van der Waals surface area contributed by atoms with E-state index in [2.05, 4.69) is 5.32 Å². The molecule has 1 aliphatic carbocycles. The van der Waals surface area contributed by atoms with Crippen molar-refractivity contribution in [1.29, 1.82) is 0 Å². The third-order valence-electron chi connectivity index (χ3n) is 3.69. The topological polar surface area (TPSA) is 69.6 Å². The maximum atomic E-state index is 13.1. The number of halogens is 1. The van der Waals surface area contributed by atoms with Crippen LogP contribution in [-0.2, 0) is 4.79 Å². The summed E-state index contributed by atoms with van der Waals surface area (Å²) in [7, 11) is 1.56. The van der Waals surface area contributed by atoms with Gasteiger partial charge in [-0.2, -0.15) is 0 Å². The van der Waals surface area contributed by atoms with Gasteiger partial charge in [-0.25, -0.2) is 9.18 Å². The zero-order chi connectivity index (χ0) is 15.6. The van der Waals surface area contributed by atoms with Crippen LogP contribution in [0.1, 0.15) is 24.8 Å². The van der Waals surface area contributed by atoms with Crippen molar-refractivity contribution in [1.82, 2.24) is 10.2 Å². The lowest BCUT2D eigenvalue weighted by Gasteiger charge is -2.20. The van der Waals surface area contributed by atoms with E-state index in [9.17, 15) is 14.0 Å². The first kappa shape index (κ1) is 15.3. The van der Waals surface area contributed by atoms with Crippen LogP contribution < -0.4 is 5.32 Å². The lowest BCUT2D eigenvalue weighted by atomic mass is 10.1. The minimum absolute atomic E-state index is 0.0121. The van der Waals surface area contributed by atoms with E-state index in [1.807, 2.05) is 6.07 Å². The Morgan fingerprint density at radius 2 is 2.24 bits per heavy atom. The Morgan fingerprint density at radius 1 is 1.52 bits per heavy atom. The Morgan fingerprint density at radius 3 is 2.86 bits per heavy atom. The number of carboxylic acids is 1. The first-order valence-electron chi connectivity index (χ1n) is 6.88. The molecule has 0 spiro atoms. The average molecular weight is 294 g/mol. The van der Waals surface area contributed by atoms with Crippen molar-refractivity contribution in [3.8, 4) is 0 Å². The number of aliphatic carboxylic acids is 1. The van der Waals surface area contributed by atoms with Crippen LogP contribution in [-0.4, -0.2) is 41.6 Å². The zero-order valence-electron chi connectivity index (χ0n) is 12.0. The summed E-state index contributed by atoms with van der Waals surface area (Å²) in [6.07, 6.45) is 0.775. The van der Waals surface area contributed by atoms with Crippen LogP contribution in [0.2, 0.25) is 0 Å². The third-order valence-corrected chi connectivity index (χ3v) is 3.69. The molecule has 0 aliphatic heterocycles. The van der Waals surface area contributed by atoms with E-state index in [4.69, 9.17) is 5.11 Å². The second kappa shape index (κ2) is 6.11. The normalized spacial score (nSPS) is 21.5. The van der Waals surface area contributed by atoms with E-state index in [1.165, 1.54) is 17.0 Å². The van der Waals surface area contributed by atoms with Gasteiger partial charge in [0.25, 0.3) is 0 Å². The molecule has 21 heavy (non-hydrogen) atoms. The summed E-state index contributed by atoms with van der Waals surface area (Å²) >= 11 is 0. The van der Waals surface area contributed by atoms with Crippen LogP contribution >= 0.6 is 0 Å². The maximum absolute atomic E-state index is 13.1. The summed E-state index contributed by atoms with van der Waals surface area (Å²) in [5.41, 5.74) is 0.877. The van der Waals surface area contributed by atoms with Crippen molar-refractivity contribution in [2.45, 2.75) is 25.3 Å². The number of carboxylic acid groups (broad SMARTS) is 1. The fraction of sp³-hybridized carbons (Fsp3) is 0.467. The van der Waals surface area contributed by atoms with E-state index >= 15 is 0 Å². The van der Waals surface area contributed by atoms with Gasteiger partial charge in [-0.3, -0.25) is 4.79 Å². The predicted octanol–water partition coefficient (Wildman–Crippen LogP) is 2.04. The average Bonchev–Trinajstić information content (AvgIpc) is 3.17. The molecule has 1 fully saturated rings. The molecule has 1 aromatic rings. The summed E-state index contributed by atoms with van der Waals surface area (Å²) in [6.45, 7) is 1.71. The van der Waals surface area contributed by atoms with Gasteiger partial charge in [-0.15, -0.1) is 0 Å². The van der Waals surface area contributed by atoms with Gasteiger partial charge < -0.3 is 15.3 Å². The zero-order valence-corrected chi connectivity index (χ0v) is 12.0. The molecule has 3 atom stereocenters. The SMILES string of the molecule is CC(CN(C)C(=O)NC1CC1c1cccc(F)c1)C(=O)O. The van der Waals surface area contributed by atoms with Crippen molar-refractivity contribution in [2.24, 2.45) is 5.92 Å². The fourth-order valence-corrected chi connectivity index (χ4v) is 2.30. The monoisotopic (exact) mass is 294 g/mol. The van der Waals surface area contributed by atoms with Crippen LogP contribution in [0.5, 0.6) is 0 Å². The minimum atomic E-state index is -0.932. The molecule has 1 saturated carbocycles. The number of hydrogen-bond acceptors (Lipinski definition) is 2. The van der Waals surface area contributed by atoms with Gasteiger partial charge >= 0.3 is 12.0 Å². The Balaban J connectivity index is 1.84. The van der Waals surface area contributed by atoms with Crippen LogP contribution in [0.25, 0.3) is 0 Å². The second-order valence-corrected chi connectivity index (χ2v) is 5.57. The third kappa shape index (κ3) is 3.93. The number of rotatable bonds is 5. The number of benzene rings is 1. The predicted molar refractivity (Wildman–Crippen MR) is 75.5 cm³/mol. The number of nitrogens with zero attached hydrogens (tertiary/aromatic N) is 1. The molecule has 1 aromatic carbocycles. The van der Waals surface area contributed by atoms with E-state index in [0.29, 0.717) is 0 Å². The highest BCUT2D eigenvalue weighted by Gasteiger charge is 2.40. The van der Waals surface area contributed by atoms with E-state index in [1.54, 1.807) is 20.0 Å². The van der Waals surface area contributed by atoms with Gasteiger partial charge in [-0.05, 0) is 24.1 Å². The van der Waals surface area contributed by atoms with Gasteiger partial charge in [0.1, 0.15) is 5.82 Å². The van der Waals surface area contributed by atoms with Gasteiger partial charge in [0.05, 0.1) is 5.92 Å². The lowest BCUT2D eigenvalue weighted by molar-refractivity contribution is -0.141. The molecule has 0 aromatic heterocycles. The summed E-state index contributed by atoms with van der Waals surface area (Å²) < 4.78 is 13.1. The molecule has 0 radical (unpaired) electrons. The molecule has 0 heterocycles. The van der Waals surface area contributed by atoms with Crippen molar-refractivity contribution in [3.63, 3.8) is 0 Å². The molecule has 3 unspecified atom stereocenters. The van der Waals surface area contributed by atoms with Crippen molar-refractivity contribution in [2.75, 3.05) is 13.6 Å². The largest absolute Gasteiger partial charge is 0.481 e. The summed E-state index contributed by atoms with van der Waals surface area (Å²) in [5, 5.41) is 11.7. The minimum Gasteiger partial charge on any atom is -0.481 e.